The van der Waals surface area contributed by atoms with Crippen LogP contribution in [0.1, 0.15) is 70.9 Å². The van der Waals surface area contributed by atoms with Crippen molar-refractivity contribution in [3.8, 4) is 0 Å². The average molecular weight is 263 g/mol. The molecule has 3 nitrogen and oxygen atoms in total. The summed E-state index contributed by atoms with van der Waals surface area (Å²) in [5.41, 5.74) is 1.14. The minimum Gasteiger partial charge on any atom is -0.412 e. The lowest BCUT2D eigenvalue weighted by atomic mass is 9.53. The fourth-order valence-electron chi connectivity index (χ4n) is 3.48. The third-order valence-electron chi connectivity index (χ3n) is 5.32. The molecular weight excluding hydrogens is 237 g/mol. The predicted molar refractivity (Wildman–Crippen MR) is 80.8 cm³/mol. The monoisotopic (exact) mass is 263 g/mol. The van der Waals surface area contributed by atoms with Crippen molar-refractivity contribution < 1.29 is 4.42 Å². The largest absolute Gasteiger partial charge is 0.419 e. The lowest BCUT2D eigenvalue weighted by Crippen LogP contribution is -2.25. The van der Waals surface area contributed by atoms with Crippen LogP contribution in [0.3, 0.4) is 0 Å². The second kappa shape index (κ2) is 4.88. The van der Waals surface area contributed by atoms with Gasteiger partial charge in [-0.1, -0.05) is 27.2 Å². The van der Waals surface area contributed by atoms with Crippen LogP contribution in [0.25, 0.3) is 0 Å². The van der Waals surface area contributed by atoms with E-state index in [1.165, 1.54) is 6.42 Å². The summed E-state index contributed by atoms with van der Waals surface area (Å²) >= 11 is 0. The van der Waals surface area contributed by atoms with Crippen molar-refractivity contribution in [2.24, 2.45) is 5.92 Å². The van der Waals surface area contributed by atoms with E-state index in [0.717, 1.165) is 24.3 Å². The van der Waals surface area contributed by atoms with Crippen LogP contribution in [-0.2, 0) is 6.42 Å². The van der Waals surface area contributed by atoms with E-state index in [1.807, 2.05) is 4.57 Å². The van der Waals surface area contributed by atoms with Crippen LogP contribution in [0.2, 0.25) is 5.31 Å². The lowest BCUT2D eigenvalue weighted by molar-refractivity contribution is 0.298. The number of fused-ring (bicyclic) bond motifs is 1. The molecule has 2 unspecified atom stereocenters. The maximum Gasteiger partial charge on any atom is 0.419 e. The maximum atomic E-state index is 12.1. The molecule has 19 heavy (non-hydrogen) atoms. The van der Waals surface area contributed by atoms with Crippen molar-refractivity contribution in [2.45, 2.75) is 71.2 Å². The van der Waals surface area contributed by atoms with E-state index in [-0.39, 0.29) is 17.1 Å². The summed E-state index contributed by atoms with van der Waals surface area (Å²) in [6.45, 7) is 10.9. The summed E-state index contributed by atoms with van der Waals surface area (Å²) in [6, 6.07) is 0.176. The summed E-state index contributed by atoms with van der Waals surface area (Å²) in [7, 11) is 2.34. The number of hydrogen-bond donors (Lipinski definition) is 0. The standard InChI is InChI=1S/C15H26BNO2/c1-9(2)15(16)8-6-7-12-13(11(15)5)19-14(18)17(12)10(3)4/h9-11H,6-8,16H2,1-5H3. The number of rotatable bonds is 2. The van der Waals surface area contributed by atoms with Gasteiger partial charge in [0.1, 0.15) is 13.6 Å². The van der Waals surface area contributed by atoms with Crippen LogP contribution in [-0.4, -0.2) is 12.4 Å². The Labute approximate surface area is 116 Å². The Hall–Kier alpha value is -0.925. The van der Waals surface area contributed by atoms with Crippen LogP contribution in [0.4, 0.5) is 0 Å². The van der Waals surface area contributed by atoms with Crippen LogP contribution >= 0.6 is 0 Å². The molecule has 0 N–H and O–H groups in total. The van der Waals surface area contributed by atoms with Gasteiger partial charge >= 0.3 is 5.76 Å². The molecule has 106 valence electrons. The average Bonchev–Trinajstić information content (AvgIpc) is 2.58. The molecule has 4 heteroatoms. The Kier molecular flexibility index (Phi) is 3.72. The van der Waals surface area contributed by atoms with Gasteiger partial charge in [0.25, 0.3) is 0 Å². The van der Waals surface area contributed by atoms with Crippen molar-refractivity contribution in [3.63, 3.8) is 0 Å². The van der Waals surface area contributed by atoms with E-state index in [1.54, 1.807) is 0 Å². The minimum absolute atomic E-state index is 0.176. The van der Waals surface area contributed by atoms with Gasteiger partial charge in [-0.15, -0.1) is 0 Å². The van der Waals surface area contributed by atoms with Gasteiger partial charge in [0, 0.05) is 12.0 Å². The topological polar surface area (TPSA) is 35.1 Å². The number of nitrogens with zero attached hydrogens (tertiary/aromatic N) is 1. The minimum atomic E-state index is -0.181. The molecule has 2 rings (SSSR count). The fourth-order valence-corrected chi connectivity index (χ4v) is 3.48. The van der Waals surface area contributed by atoms with Crippen molar-refractivity contribution in [2.75, 3.05) is 0 Å². The van der Waals surface area contributed by atoms with E-state index in [4.69, 9.17) is 4.42 Å². The van der Waals surface area contributed by atoms with Crippen molar-refractivity contribution in [1.82, 2.24) is 4.57 Å². The Morgan fingerprint density at radius 2 is 2.00 bits per heavy atom. The highest BCUT2D eigenvalue weighted by molar-refractivity contribution is 6.16. The van der Waals surface area contributed by atoms with Gasteiger partial charge in [-0.05, 0) is 37.9 Å². The maximum absolute atomic E-state index is 12.1. The SMILES string of the molecule is BC1(C(C)C)CCCc2c(oc(=O)n2C(C)C)C1C. The smallest absolute Gasteiger partial charge is 0.412 e. The van der Waals surface area contributed by atoms with Gasteiger partial charge in [-0.3, -0.25) is 4.57 Å². The number of oxazole rings is 1. The van der Waals surface area contributed by atoms with E-state index in [2.05, 4.69) is 42.5 Å². The van der Waals surface area contributed by atoms with Gasteiger partial charge in [0.05, 0.1) is 5.69 Å². The quantitative estimate of drug-likeness (QED) is 0.607. The molecule has 0 fully saturated rings. The first-order chi connectivity index (χ1) is 8.79. The first-order valence-corrected chi connectivity index (χ1v) is 7.53. The Balaban J connectivity index is 2.57. The second-order valence-electron chi connectivity index (χ2n) is 6.88. The van der Waals surface area contributed by atoms with E-state index in [9.17, 15) is 4.79 Å². The number of hydrogen-bond acceptors (Lipinski definition) is 2. The molecule has 1 aromatic rings. The van der Waals surface area contributed by atoms with Gasteiger partial charge < -0.3 is 4.42 Å². The van der Waals surface area contributed by atoms with E-state index >= 15 is 0 Å². The van der Waals surface area contributed by atoms with Crippen LogP contribution in [0.15, 0.2) is 9.21 Å². The fraction of sp³-hybridized carbons (Fsp3) is 0.800. The van der Waals surface area contributed by atoms with Gasteiger partial charge in [-0.2, -0.15) is 0 Å². The third kappa shape index (κ3) is 2.19. The predicted octanol–water partition coefficient (Wildman–Crippen LogP) is 2.91. The van der Waals surface area contributed by atoms with Crippen LogP contribution in [0, 0.1) is 5.92 Å². The summed E-state index contributed by atoms with van der Waals surface area (Å²) in [5.74, 6) is 1.64. The van der Waals surface area contributed by atoms with Crippen molar-refractivity contribution in [1.29, 1.82) is 0 Å². The summed E-state index contributed by atoms with van der Waals surface area (Å²) in [5, 5.41) is 0.213. The summed E-state index contributed by atoms with van der Waals surface area (Å²) in [6.07, 6.45) is 3.30. The van der Waals surface area contributed by atoms with E-state index < -0.39 is 0 Å². The molecule has 0 spiro atoms. The zero-order valence-electron chi connectivity index (χ0n) is 13.1. The summed E-state index contributed by atoms with van der Waals surface area (Å²) < 4.78 is 7.49. The zero-order chi connectivity index (χ0) is 14.4. The third-order valence-corrected chi connectivity index (χ3v) is 5.32. The summed E-state index contributed by atoms with van der Waals surface area (Å²) in [4.78, 5) is 12.1. The van der Waals surface area contributed by atoms with Gasteiger partial charge in [0.2, 0.25) is 0 Å². The molecule has 1 aromatic heterocycles. The van der Waals surface area contributed by atoms with Crippen molar-refractivity contribution in [3.05, 3.63) is 22.0 Å². The molecule has 0 saturated heterocycles. The Morgan fingerprint density at radius 1 is 1.37 bits per heavy atom. The number of aromatic nitrogens is 1. The lowest BCUT2D eigenvalue weighted by Gasteiger charge is -2.37. The van der Waals surface area contributed by atoms with Crippen LogP contribution in [0.5, 0.6) is 0 Å². The highest BCUT2D eigenvalue weighted by Crippen LogP contribution is 2.52. The van der Waals surface area contributed by atoms with E-state index in [0.29, 0.717) is 11.8 Å². The van der Waals surface area contributed by atoms with Gasteiger partial charge in [0.15, 0.2) is 0 Å². The molecule has 2 atom stereocenters. The highest BCUT2D eigenvalue weighted by atomic mass is 16.4. The molecule has 0 aromatic carbocycles. The van der Waals surface area contributed by atoms with Crippen LogP contribution < -0.4 is 5.76 Å². The molecule has 0 saturated carbocycles. The Bertz CT molecular complexity index is 515. The molecule has 0 aliphatic heterocycles. The molecule has 1 aliphatic carbocycles. The molecule has 1 aliphatic rings. The molecular formula is C15H26BNO2. The first kappa shape index (κ1) is 14.5. The molecule has 1 heterocycles. The highest BCUT2D eigenvalue weighted by Gasteiger charge is 2.40. The Morgan fingerprint density at radius 3 is 2.53 bits per heavy atom. The zero-order valence-corrected chi connectivity index (χ0v) is 13.1. The normalized spacial score (nSPS) is 27.6. The second-order valence-corrected chi connectivity index (χ2v) is 6.88. The molecule has 0 bridgehead atoms. The molecule has 0 radical (unpaired) electrons. The van der Waals surface area contributed by atoms with Crippen molar-refractivity contribution >= 4 is 7.85 Å². The molecule has 0 amide bonds. The van der Waals surface area contributed by atoms with Gasteiger partial charge in [-0.25, -0.2) is 4.79 Å². The first-order valence-electron chi connectivity index (χ1n) is 7.53.